The van der Waals surface area contributed by atoms with E-state index in [-0.39, 0.29) is 0 Å². The Kier molecular flexibility index (Phi) is 7.18. The first-order valence-electron chi connectivity index (χ1n) is 9.05. The number of benzene rings is 1. The van der Waals surface area contributed by atoms with Gasteiger partial charge in [-0.2, -0.15) is 0 Å². The van der Waals surface area contributed by atoms with Crippen LogP contribution in [0.2, 0.25) is 0 Å². The molecule has 0 aliphatic heterocycles. The summed E-state index contributed by atoms with van der Waals surface area (Å²) in [6, 6.07) is 7.35. The topological polar surface area (TPSA) is 53.1 Å². The fraction of sp³-hybridized carbons (Fsp3) is 0.550. The Morgan fingerprint density at radius 3 is 2.26 bits per heavy atom. The van der Waals surface area contributed by atoms with Gasteiger partial charge in [-0.1, -0.05) is 58.3 Å². The average Bonchev–Trinajstić information content (AvgIpc) is 2.95. The van der Waals surface area contributed by atoms with Gasteiger partial charge in [-0.05, 0) is 37.1 Å². The fourth-order valence-electron chi connectivity index (χ4n) is 3.09. The van der Waals surface area contributed by atoms with Gasteiger partial charge in [0.15, 0.2) is 0 Å². The van der Waals surface area contributed by atoms with Crippen LogP contribution in [0.25, 0.3) is 10.9 Å². The van der Waals surface area contributed by atoms with Crippen LogP contribution in [0.5, 0.6) is 0 Å². The molecule has 0 unspecified atom stereocenters. The SMILES string of the molecule is CCCCCCCCCCCc1cc2cc(C(=O)O)ccc2[nH]1. The second kappa shape index (κ2) is 9.39. The first-order chi connectivity index (χ1) is 11.2. The van der Waals surface area contributed by atoms with Crippen LogP contribution in [0.15, 0.2) is 24.3 Å². The summed E-state index contributed by atoms with van der Waals surface area (Å²) in [6.45, 7) is 2.26. The van der Waals surface area contributed by atoms with Crippen LogP contribution in [0, 0.1) is 0 Å². The molecule has 0 bridgehead atoms. The van der Waals surface area contributed by atoms with E-state index in [9.17, 15) is 4.79 Å². The van der Waals surface area contributed by atoms with Crippen LogP contribution in [0.1, 0.15) is 80.8 Å². The van der Waals surface area contributed by atoms with Gasteiger partial charge < -0.3 is 10.1 Å². The van der Waals surface area contributed by atoms with E-state index < -0.39 is 5.97 Å². The molecule has 0 saturated carbocycles. The van der Waals surface area contributed by atoms with E-state index in [1.165, 1.54) is 63.5 Å². The van der Waals surface area contributed by atoms with Gasteiger partial charge in [0.2, 0.25) is 0 Å². The van der Waals surface area contributed by atoms with Crippen molar-refractivity contribution in [1.82, 2.24) is 4.98 Å². The molecule has 2 N–H and O–H groups in total. The Labute approximate surface area is 139 Å². The van der Waals surface area contributed by atoms with Gasteiger partial charge in [0, 0.05) is 16.6 Å². The van der Waals surface area contributed by atoms with Gasteiger partial charge in [-0.15, -0.1) is 0 Å². The monoisotopic (exact) mass is 315 g/mol. The number of carboxylic acid groups (broad SMARTS) is 1. The summed E-state index contributed by atoms with van der Waals surface area (Å²) in [5, 5.41) is 10.0. The Balaban J connectivity index is 1.68. The van der Waals surface area contributed by atoms with Crippen molar-refractivity contribution in [2.75, 3.05) is 0 Å². The number of aromatic carboxylic acids is 1. The van der Waals surface area contributed by atoms with Crippen molar-refractivity contribution in [3.8, 4) is 0 Å². The van der Waals surface area contributed by atoms with E-state index in [1.54, 1.807) is 12.1 Å². The molecule has 1 aromatic heterocycles. The van der Waals surface area contributed by atoms with Gasteiger partial charge in [-0.25, -0.2) is 4.79 Å². The second-order valence-corrected chi connectivity index (χ2v) is 6.48. The molecule has 2 rings (SSSR count). The lowest BCUT2D eigenvalue weighted by molar-refractivity contribution is 0.0697. The number of hydrogen-bond acceptors (Lipinski definition) is 1. The number of H-pyrrole nitrogens is 1. The molecule has 0 saturated heterocycles. The number of aromatic nitrogens is 1. The van der Waals surface area contributed by atoms with Crippen molar-refractivity contribution < 1.29 is 9.90 Å². The third-order valence-corrected chi connectivity index (χ3v) is 4.47. The van der Waals surface area contributed by atoms with Gasteiger partial charge in [-0.3, -0.25) is 0 Å². The fourth-order valence-corrected chi connectivity index (χ4v) is 3.09. The average molecular weight is 315 g/mol. The molecule has 0 fully saturated rings. The van der Waals surface area contributed by atoms with Crippen molar-refractivity contribution in [3.05, 3.63) is 35.5 Å². The first kappa shape index (κ1) is 17.6. The molecule has 0 amide bonds. The van der Waals surface area contributed by atoms with Crippen molar-refractivity contribution in [2.45, 2.75) is 71.1 Å². The van der Waals surface area contributed by atoms with Crippen LogP contribution in [0.4, 0.5) is 0 Å². The van der Waals surface area contributed by atoms with Crippen LogP contribution in [-0.2, 0) is 6.42 Å². The molecular weight excluding hydrogens is 286 g/mol. The van der Waals surface area contributed by atoms with Gasteiger partial charge in [0.05, 0.1) is 5.56 Å². The second-order valence-electron chi connectivity index (χ2n) is 6.48. The highest BCUT2D eigenvalue weighted by Gasteiger charge is 2.06. The molecule has 2 aromatic rings. The number of unbranched alkanes of at least 4 members (excludes halogenated alkanes) is 8. The van der Waals surface area contributed by atoms with Crippen LogP contribution >= 0.6 is 0 Å². The van der Waals surface area contributed by atoms with E-state index >= 15 is 0 Å². The first-order valence-corrected chi connectivity index (χ1v) is 9.05. The van der Waals surface area contributed by atoms with Crippen molar-refractivity contribution in [3.63, 3.8) is 0 Å². The van der Waals surface area contributed by atoms with E-state index in [0.29, 0.717) is 5.56 Å². The highest BCUT2D eigenvalue weighted by atomic mass is 16.4. The van der Waals surface area contributed by atoms with Crippen molar-refractivity contribution in [1.29, 1.82) is 0 Å². The summed E-state index contributed by atoms with van der Waals surface area (Å²) in [6.07, 6.45) is 13.1. The minimum atomic E-state index is -0.867. The molecule has 0 aliphatic rings. The summed E-state index contributed by atoms with van der Waals surface area (Å²) in [5.74, 6) is -0.867. The van der Waals surface area contributed by atoms with Crippen molar-refractivity contribution >= 4 is 16.9 Å². The lowest BCUT2D eigenvalue weighted by Gasteiger charge is -2.01. The zero-order valence-electron chi connectivity index (χ0n) is 14.2. The Morgan fingerprint density at radius 1 is 0.957 bits per heavy atom. The zero-order chi connectivity index (χ0) is 16.5. The van der Waals surface area contributed by atoms with Crippen LogP contribution in [-0.4, -0.2) is 16.1 Å². The predicted octanol–water partition coefficient (Wildman–Crippen LogP) is 5.94. The third-order valence-electron chi connectivity index (χ3n) is 4.47. The molecule has 3 heteroatoms. The van der Waals surface area contributed by atoms with Gasteiger partial charge >= 0.3 is 5.97 Å². The number of aromatic amines is 1. The normalized spacial score (nSPS) is 11.2. The number of rotatable bonds is 11. The maximum absolute atomic E-state index is 11.0. The standard InChI is InChI=1S/C20H29NO2/c1-2-3-4-5-6-7-8-9-10-11-18-15-17-14-16(20(22)23)12-13-19(17)21-18/h12-15,21H,2-11H2,1H3,(H,22,23). The summed E-state index contributed by atoms with van der Waals surface area (Å²) in [5.41, 5.74) is 2.59. The molecule has 23 heavy (non-hydrogen) atoms. The summed E-state index contributed by atoms with van der Waals surface area (Å²) in [4.78, 5) is 14.4. The van der Waals surface area contributed by atoms with Gasteiger partial charge in [0.25, 0.3) is 0 Å². The highest BCUT2D eigenvalue weighted by molar-refractivity contribution is 5.93. The molecule has 3 nitrogen and oxygen atoms in total. The predicted molar refractivity (Wildman–Crippen MR) is 96.2 cm³/mol. The Morgan fingerprint density at radius 2 is 1.61 bits per heavy atom. The van der Waals surface area contributed by atoms with E-state index in [1.807, 2.05) is 6.07 Å². The van der Waals surface area contributed by atoms with Crippen LogP contribution in [0.3, 0.4) is 0 Å². The van der Waals surface area contributed by atoms with E-state index in [2.05, 4.69) is 18.0 Å². The molecule has 0 radical (unpaired) electrons. The van der Waals surface area contributed by atoms with Crippen LogP contribution < -0.4 is 0 Å². The molecule has 0 atom stereocenters. The number of nitrogens with one attached hydrogen (secondary N) is 1. The molecule has 0 spiro atoms. The molecule has 126 valence electrons. The maximum atomic E-state index is 11.0. The number of hydrogen-bond donors (Lipinski definition) is 2. The number of carboxylic acids is 1. The summed E-state index contributed by atoms with van der Waals surface area (Å²) < 4.78 is 0. The van der Waals surface area contributed by atoms with Gasteiger partial charge in [0.1, 0.15) is 0 Å². The maximum Gasteiger partial charge on any atom is 0.335 e. The lowest BCUT2D eigenvalue weighted by atomic mass is 10.1. The third kappa shape index (κ3) is 5.74. The lowest BCUT2D eigenvalue weighted by Crippen LogP contribution is -1.94. The zero-order valence-corrected chi connectivity index (χ0v) is 14.2. The molecular formula is C20H29NO2. The molecule has 0 aliphatic carbocycles. The quantitative estimate of drug-likeness (QED) is 0.504. The highest BCUT2D eigenvalue weighted by Crippen LogP contribution is 2.19. The number of fused-ring (bicyclic) bond motifs is 1. The smallest absolute Gasteiger partial charge is 0.335 e. The summed E-state index contributed by atoms with van der Waals surface area (Å²) in [7, 11) is 0. The van der Waals surface area contributed by atoms with Crippen molar-refractivity contribution in [2.24, 2.45) is 0 Å². The summed E-state index contributed by atoms with van der Waals surface area (Å²) >= 11 is 0. The Bertz CT molecular complexity index is 615. The minimum absolute atomic E-state index is 0.353. The number of aryl methyl sites for hydroxylation is 1. The van der Waals surface area contributed by atoms with E-state index in [0.717, 1.165) is 17.3 Å². The Hall–Kier alpha value is -1.77. The van der Waals surface area contributed by atoms with E-state index in [4.69, 9.17) is 5.11 Å². The minimum Gasteiger partial charge on any atom is -0.478 e. The molecule has 1 heterocycles. The largest absolute Gasteiger partial charge is 0.478 e. The number of carbonyl (C=O) groups is 1. The molecule has 1 aromatic carbocycles.